The summed E-state index contributed by atoms with van der Waals surface area (Å²) in [7, 11) is 0. The van der Waals surface area contributed by atoms with Gasteiger partial charge in [-0.05, 0) is 30.0 Å². The van der Waals surface area contributed by atoms with Gasteiger partial charge in [-0.2, -0.15) is 0 Å². The minimum Gasteiger partial charge on any atom is -0.355 e. The second-order valence-electron chi connectivity index (χ2n) is 5.68. The van der Waals surface area contributed by atoms with Gasteiger partial charge < -0.3 is 5.32 Å². The Morgan fingerprint density at radius 2 is 1.91 bits per heavy atom. The lowest BCUT2D eigenvalue weighted by Crippen LogP contribution is -2.35. The van der Waals surface area contributed by atoms with E-state index in [0.717, 1.165) is 12.8 Å². The molecule has 0 aromatic heterocycles. The van der Waals surface area contributed by atoms with Crippen LogP contribution in [-0.4, -0.2) is 17.7 Å². The van der Waals surface area contributed by atoms with Crippen LogP contribution < -0.4 is 5.32 Å². The van der Waals surface area contributed by atoms with Gasteiger partial charge in [0.2, 0.25) is 5.91 Å². The molecule has 22 heavy (non-hydrogen) atoms. The summed E-state index contributed by atoms with van der Waals surface area (Å²) in [5.74, 6) is 0.550. The molecule has 1 heterocycles. The summed E-state index contributed by atoms with van der Waals surface area (Å²) in [6.45, 7) is 2.89. The molecule has 0 saturated carbocycles. The van der Waals surface area contributed by atoms with Gasteiger partial charge in [0.25, 0.3) is 0 Å². The van der Waals surface area contributed by atoms with E-state index in [9.17, 15) is 4.79 Å². The summed E-state index contributed by atoms with van der Waals surface area (Å²) < 4.78 is 0. The summed E-state index contributed by atoms with van der Waals surface area (Å²) in [4.78, 5) is 13.7. The summed E-state index contributed by atoms with van der Waals surface area (Å²) in [6, 6.07) is 18.7. The number of hydrogen-bond donors (Lipinski definition) is 1. The summed E-state index contributed by atoms with van der Waals surface area (Å²) in [6.07, 6.45) is 1.87. The van der Waals surface area contributed by atoms with Crippen LogP contribution >= 0.6 is 11.8 Å². The first-order valence-corrected chi connectivity index (χ1v) is 8.73. The topological polar surface area (TPSA) is 29.1 Å². The Morgan fingerprint density at radius 3 is 2.64 bits per heavy atom. The smallest absolute Gasteiger partial charge is 0.233 e. The molecule has 0 aliphatic carbocycles. The molecule has 114 valence electrons. The number of fused-ring (bicyclic) bond motifs is 1. The van der Waals surface area contributed by atoms with Crippen LogP contribution in [0.2, 0.25) is 0 Å². The van der Waals surface area contributed by atoms with Crippen molar-refractivity contribution in [3.8, 4) is 0 Å². The average Bonchev–Trinajstić information content (AvgIpc) is 3.00. The van der Waals surface area contributed by atoms with Crippen molar-refractivity contribution in [1.82, 2.24) is 5.32 Å². The molecule has 3 rings (SSSR count). The highest BCUT2D eigenvalue weighted by molar-refractivity contribution is 8.01. The lowest BCUT2D eigenvalue weighted by Gasteiger charge is -2.17. The molecule has 2 unspecified atom stereocenters. The van der Waals surface area contributed by atoms with Crippen molar-refractivity contribution in [1.29, 1.82) is 0 Å². The normalized spacial score (nSPS) is 17.8. The molecule has 1 N–H and O–H groups in total. The first kappa shape index (κ1) is 15.2. The zero-order valence-corrected chi connectivity index (χ0v) is 13.6. The van der Waals surface area contributed by atoms with Gasteiger partial charge in [-0.15, -0.1) is 11.8 Å². The van der Waals surface area contributed by atoms with Gasteiger partial charge in [0.05, 0.1) is 5.25 Å². The Balaban J connectivity index is 1.57. The zero-order valence-electron chi connectivity index (χ0n) is 12.8. The molecule has 1 aliphatic rings. The van der Waals surface area contributed by atoms with E-state index in [2.05, 4.69) is 48.6 Å². The zero-order chi connectivity index (χ0) is 15.4. The number of hydrogen-bond acceptors (Lipinski definition) is 2. The molecule has 2 aromatic carbocycles. The Kier molecular flexibility index (Phi) is 4.84. The fourth-order valence-corrected chi connectivity index (χ4v) is 4.11. The summed E-state index contributed by atoms with van der Waals surface area (Å²) in [5, 5.41) is 3.17. The maximum absolute atomic E-state index is 12.4. The van der Waals surface area contributed by atoms with Crippen LogP contribution in [0.5, 0.6) is 0 Å². The van der Waals surface area contributed by atoms with E-state index in [1.165, 1.54) is 16.0 Å². The van der Waals surface area contributed by atoms with Crippen molar-refractivity contribution in [2.24, 2.45) is 0 Å². The van der Waals surface area contributed by atoms with E-state index < -0.39 is 0 Å². The van der Waals surface area contributed by atoms with Crippen molar-refractivity contribution in [2.75, 3.05) is 6.54 Å². The highest BCUT2D eigenvalue weighted by Gasteiger charge is 2.28. The van der Waals surface area contributed by atoms with Gasteiger partial charge in [0.15, 0.2) is 0 Å². The number of carbonyl (C=O) groups is 1. The SMILES string of the molecule is CCC(CNC(=O)C1Cc2ccccc2S1)c1ccccc1. The van der Waals surface area contributed by atoms with E-state index in [1.54, 1.807) is 11.8 Å². The molecule has 0 fully saturated rings. The van der Waals surface area contributed by atoms with Crippen LogP contribution in [0.1, 0.15) is 30.4 Å². The number of carbonyl (C=O) groups excluding carboxylic acids is 1. The number of thioether (sulfide) groups is 1. The van der Waals surface area contributed by atoms with Crippen LogP contribution in [0.15, 0.2) is 59.5 Å². The lowest BCUT2D eigenvalue weighted by atomic mass is 9.96. The lowest BCUT2D eigenvalue weighted by molar-refractivity contribution is -0.120. The van der Waals surface area contributed by atoms with E-state index >= 15 is 0 Å². The summed E-state index contributed by atoms with van der Waals surface area (Å²) in [5.41, 5.74) is 2.59. The standard InChI is InChI=1S/C19H21NOS/c1-2-14(15-8-4-3-5-9-15)13-20-19(21)18-12-16-10-6-7-11-17(16)22-18/h3-11,14,18H,2,12-13H2,1H3,(H,20,21). The molecule has 2 aromatic rings. The molecule has 0 spiro atoms. The van der Waals surface area contributed by atoms with Crippen LogP contribution in [-0.2, 0) is 11.2 Å². The molecule has 1 amide bonds. The monoisotopic (exact) mass is 311 g/mol. The molecule has 2 atom stereocenters. The molecule has 0 saturated heterocycles. The average molecular weight is 311 g/mol. The Morgan fingerprint density at radius 1 is 1.18 bits per heavy atom. The van der Waals surface area contributed by atoms with Crippen molar-refractivity contribution >= 4 is 17.7 Å². The molecular formula is C19H21NOS. The van der Waals surface area contributed by atoms with E-state index in [-0.39, 0.29) is 11.2 Å². The van der Waals surface area contributed by atoms with Gasteiger partial charge in [0, 0.05) is 17.4 Å². The third-order valence-corrected chi connectivity index (χ3v) is 5.54. The van der Waals surface area contributed by atoms with Crippen molar-refractivity contribution < 1.29 is 4.79 Å². The third-order valence-electron chi connectivity index (χ3n) is 4.23. The van der Waals surface area contributed by atoms with Crippen LogP contribution in [0, 0.1) is 0 Å². The minimum atomic E-state index is 0.0191. The minimum absolute atomic E-state index is 0.0191. The predicted octanol–water partition coefficient (Wildman–Crippen LogP) is 4.01. The highest BCUT2D eigenvalue weighted by atomic mass is 32.2. The van der Waals surface area contributed by atoms with Crippen molar-refractivity contribution in [3.63, 3.8) is 0 Å². The number of benzene rings is 2. The second kappa shape index (κ2) is 7.01. The molecule has 1 aliphatic heterocycles. The van der Waals surface area contributed by atoms with Gasteiger partial charge in [-0.3, -0.25) is 4.79 Å². The van der Waals surface area contributed by atoms with Crippen LogP contribution in [0.25, 0.3) is 0 Å². The predicted molar refractivity (Wildman–Crippen MR) is 92.3 cm³/mol. The number of rotatable bonds is 5. The quantitative estimate of drug-likeness (QED) is 0.904. The first-order chi connectivity index (χ1) is 10.8. The van der Waals surface area contributed by atoms with Gasteiger partial charge in [-0.1, -0.05) is 55.5 Å². The first-order valence-electron chi connectivity index (χ1n) is 7.85. The Bertz CT molecular complexity index is 616. The van der Waals surface area contributed by atoms with Gasteiger partial charge >= 0.3 is 0 Å². The van der Waals surface area contributed by atoms with Crippen molar-refractivity contribution in [3.05, 3.63) is 65.7 Å². The van der Waals surface area contributed by atoms with Gasteiger partial charge in [-0.25, -0.2) is 0 Å². The molecule has 0 radical (unpaired) electrons. The Hall–Kier alpha value is -1.74. The molecule has 2 nitrogen and oxygen atoms in total. The van der Waals surface area contributed by atoms with E-state index in [1.807, 2.05) is 18.2 Å². The van der Waals surface area contributed by atoms with Crippen LogP contribution in [0.3, 0.4) is 0 Å². The van der Waals surface area contributed by atoms with E-state index in [0.29, 0.717) is 12.5 Å². The number of amides is 1. The fourth-order valence-electron chi connectivity index (χ4n) is 2.89. The fraction of sp³-hybridized carbons (Fsp3) is 0.316. The molecular weight excluding hydrogens is 290 g/mol. The van der Waals surface area contributed by atoms with Gasteiger partial charge in [0.1, 0.15) is 0 Å². The summed E-state index contributed by atoms with van der Waals surface area (Å²) >= 11 is 1.69. The van der Waals surface area contributed by atoms with E-state index in [4.69, 9.17) is 0 Å². The maximum atomic E-state index is 12.4. The third kappa shape index (κ3) is 3.36. The second-order valence-corrected chi connectivity index (χ2v) is 6.92. The largest absolute Gasteiger partial charge is 0.355 e. The van der Waals surface area contributed by atoms with Crippen molar-refractivity contribution in [2.45, 2.75) is 35.8 Å². The number of nitrogens with one attached hydrogen (secondary N) is 1. The Labute approximate surface area is 136 Å². The molecule has 0 bridgehead atoms. The maximum Gasteiger partial charge on any atom is 0.233 e. The highest BCUT2D eigenvalue weighted by Crippen LogP contribution is 2.36. The molecule has 3 heteroatoms. The van der Waals surface area contributed by atoms with Crippen LogP contribution in [0.4, 0.5) is 0 Å².